The molecule has 94 valence electrons. The molecule has 1 aliphatic carbocycles. The zero-order valence-corrected chi connectivity index (χ0v) is 10.8. The molecule has 0 bridgehead atoms. The van der Waals surface area contributed by atoms with Crippen LogP contribution in [0.1, 0.15) is 36.2 Å². The second kappa shape index (κ2) is 5.54. The largest absolute Gasteiger partial charge is 0.350 e. The molecule has 0 saturated heterocycles. The number of hydrogen-bond acceptors (Lipinski definition) is 2. The van der Waals surface area contributed by atoms with E-state index in [1.54, 1.807) is 24.0 Å². The van der Waals surface area contributed by atoms with E-state index in [4.69, 9.17) is 11.6 Å². The molecule has 1 saturated carbocycles. The van der Waals surface area contributed by atoms with Gasteiger partial charge in [0.25, 0.3) is 5.91 Å². The van der Waals surface area contributed by atoms with E-state index in [1.165, 1.54) is 0 Å². The topological polar surface area (TPSA) is 46.9 Å². The molecule has 0 aromatic carbocycles. The van der Waals surface area contributed by atoms with Gasteiger partial charge in [-0.2, -0.15) is 5.10 Å². The highest BCUT2D eigenvalue weighted by molar-refractivity contribution is 6.20. The molecule has 0 unspecified atom stereocenters. The number of amides is 1. The quantitative estimate of drug-likeness (QED) is 0.840. The third kappa shape index (κ3) is 3.22. The van der Waals surface area contributed by atoms with Crippen LogP contribution in [-0.4, -0.2) is 27.6 Å². The summed E-state index contributed by atoms with van der Waals surface area (Å²) in [5.74, 6) is 0.528. The van der Waals surface area contributed by atoms with Crippen molar-refractivity contribution in [3.63, 3.8) is 0 Å². The summed E-state index contributed by atoms with van der Waals surface area (Å²) in [5.41, 5.74) is 0.607. The molecular weight excluding hydrogens is 238 g/mol. The minimum absolute atomic E-state index is 0.0435. The van der Waals surface area contributed by atoms with Crippen molar-refractivity contribution in [2.75, 3.05) is 6.54 Å². The van der Waals surface area contributed by atoms with Crippen LogP contribution in [0, 0.1) is 5.92 Å². The van der Waals surface area contributed by atoms with Gasteiger partial charge in [0.1, 0.15) is 5.69 Å². The minimum Gasteiger partial charge on any atom is -0.350 e. The second-order valence-corrected chi connectivity index (χ2v) is 5.29. The molecule has 2 rings (SSSR count). The lowest BCUT2D eigenvalue weighted by molar-refractivity contribution is 0.0934. The van der Waals surface area contributed by atoms with E-state index in [0.29, 0.717) is 17.0 Å². The van der Waals surface area contributed by atoms with Gasteiger partial charge in [-0.25, -0.2) is 0 Å². The van der Waals surface area contributed by atoms with E-state index >= 15 is 0 Å². The highest BCUT2D eigenvalue weighted by Gasteiger charge is 2.20. The molecule has 0 radical (unpaired) electrons. The average Bonchev–Trinajstić information content (AvgIpc) is 2.74. The molecule has 1 fully saturated rings. The van der Waals surface area contributed by atoms with Crippen LogP contribution in [0.4, 0.5) is 0 Å². The van der Waals surface area contributed by atoms with Crippen molar-refractivity contribution in [1.29, 1.82) is 0 Å². The number of rotatable bonds is 3. The maximum atomic E-state index is 11.8. The first-order chi connectivity index (χ1) is 8.16. The molecule has 4 nitrogen and oxygen atoms in total. The highest BCUT2D eigenvalue weighted by atomic mass is 35.5. The normalized spacial score (nSPS) is 24.6. The number of carbonyl (C=O) groups is 1. The van der Waals surface area contributed by atoms with Crippen LogP contribution in [0.15, 0.2) is 12.3 Å². The number of halogens is 1. The van der Waals surface area contributed by atoms with Gasteiger partial charge < -0.3 is 5.32 Å². The number of alkyl halides is 1. The monoisotopic (exact) mass is 255 g/mol. The Morgan fingerprint density at radius 3 is 2.82 bits per heavy atom. The number of carbonyl (C=O) groups excluding carboxylic acids is 1. The Bertz CT molecular complexity index is 383. The minimum atomic E-state index is -0.0435. The zero-order chi connectivity index (χ0) is 12.3. The molecule has 1 amide bonds. The number of hydrogen-bond donors (Lipinski definition) is 1. The molecule has 1 aromatic rings. The van der Waals surface area contributed by atoms with Crippen LogP contribution >= 0.6 is 11.6 Å². The molecular formula is C12H18ClN3O. The Hall–Kier alpha value is -1.03. The van der Waals surface area contributed by atoms with Crippen molar-refractivity contribution in [1.82, 2.24) is 15.1 Å². The van der Waals surface area contributed by atoms with Gasteiger partial charge in [-0.05, 0) is 37.7 Å². The molecule has 5 heteroatoms. The van der Waals surface area contributed by atoms with Gasteiger partial charge in [0, 0.05) is 25.2 Å². The van der Waals surface area contributed by atoms with Crippen LogP contribution in [0.25, 0.3) is 0 Å². The molecule has 0 spiro atoms. The first-order valence-electron chi connectivity index (χ1n) is 6.07. The maximum absolute atomic E-state index is 11.8. The predicted octanol–water partition coefficient (Wildman–Crippen LogP) is 1.95. The lowest BCUT2D eigenvalue weighted by atomic mass is 9.89. The summed E-state index contributed by atoms with van der Waals surface area (Å²) in [5, 5.41) is 7.28. The van der Waals surface area contributed by atoms with Gasteiger partial charge in [-0.3, -0.25) is 9.48 Å². The average molecular weight is 256 g/mol. The first kappa shape index (κ1) is 12.4. The van der Waals surface area contributed by atoms with Crippen molar-refractivity contribution < 1.29 is 4.79 Å². The Balaban J connectivity index is 1.79. The number of nitrogens with one attached hydrogen (secondary N) is 1. The smallest absolute Gasteiger partial charge is 0.269 e. The molecule has 1 aromatic heterocycles. The molecule has 0 aliphatic heterocycles. The summed E-state index contributed by atoms with van der Waals surface area (Å²) in [6, 6.07) is 1.73. The Labute approximate surface area is 106 Å². The lowest BCUT2D eigenvalue weighted by Crippen LogP contribution is -2.32. The van der Waals surface area contributed by atoms with Gasteiger partial charge in [0.05, 0.1) is 0 Å². The Morgan fingerprint density at radius 2 is 2.24 bits per heavy atom. The Kier molecular flexibility index (Phi) is 4.05. The summed E-state index contributed by atoms with van der Waals surface area (Å²) in [7, 11) is 1.77. The van der Waals surface area contributed by atoms with E-state index in [2.05, 4.69) is 10.4 Å². The standard InChI is InChI=1S/C12H18ClN3O/c1-16-11(6-7-15-16)12(17)14-8-9-2-4-10(13)5-3-9/h6-7,9-10H,2-5,8H2,1H3,(H,14,17). The summed E-state index contributed by atoms with van der Waals surface area (Å²) in [6.07, 6.45) is 5.98. The van der Waals surface area contributed by atoms with Gasteiger partial charge in [0.15, 0.2) is 0 Å². The van der Waals surface area contributed by atoms with Crippen LogP contribution in [0.5, 0.6) is 0 Å². The van der Waals surface area contributed by atoms with E-state index in [-0.39, 0.29) is 5.91 Å². The third-order valence-corrected chi connectivity index (χ3v) is 3.82. The number of aromatic nitrogens is 2. The highest BCUT2D eigenvalue weighted by Crippen LogP contribution is 2.26. The fourth-order valence-corrected chi connectivity index (χ4v) is 2.50. The molecule has 1 heterocycles. The van der Waals surface area contributed by atoms with Crippen LogP contribution < -0.4 is 5.32 Å². The number of aryl methyl sites for hydroxylation is 1. The number of nitrogens with zero attached hydrogens (tertiary/aromatic N) is 2. The summed E-state index contributed by atoms with van der Waals surface area (Å²) < 4.78 is 1.59. The maximum Gasteiger partial charge on any atom is 0.269 e. The van der Waals surface area contributed by atoms with E-state index < -0.39 is 0 Å². The summed E-state index contributed by atoms with van der Waals surface area (Å²) in [6.45, 7) is 0.744. The van der Waals surface area contributed by atoms with Crippen LogP contribution in [0.2, 0.25) is 0 Å². The van der Waals surface area contributed by atoms with Crippen molar-refractivity contribution in [2.45, 2.75) is 31.1 Å². The fraction of sp³-hybridized carbons (Fsp3) is 0.667. The summed E-state index contributed by atoms with van der Waals surface area (Å²) in [4.78, 5) is 11.8. The second-order valence-electron chi connectivity index (χ2n) is 4.67. The van der Waals surface area contributed by atoms with Gasteiger partial charge in [-0.1, -0.05) is 0 Å². The van der Waals surface area contributed by atoms with E-state index in [0.717, 1.165) is 32.2 Å². The van der Waals surface area contributed by atoms with Crippen LogP contribution in [-0.2, 0) is 7.05 Å². The lowest BCUT2D eigenvalue weighted by Gasteiger charge is -2.24. The van der Waals surface area contributed by atoms with Crippen molar-refractivity contribution in [2.24, 2.45) is 13.0 Å². The van der Waals surface area contributed by atoms with Crippen molar-refractivity contribution >= 4 is 17.5 Å². The van der Waals surface area contributed by atoms with Gasteiger partial charge >= 0.3 is 0 Å². The van der Waals surface area contributed by atoms with Gasteiger partial charge in [0.2, 0.25) is 0 Å². The SMILES string of the molecule is Cn1nccc1C(=O)NCC1CCC(Cl)CC1. The van der Waals surface area contributed by atoms with E-state index in [1.807, 2.05) is 0 Å². The molecule has 0 atom stereocenters. The Morgan fingerprint density at radius 1 is 1.53 bits per heavy atom. The summed E-state index contributed by atoms with van der Waals surface area (Å²) >= 11 is 6.05. The van der Waals surface area contributed by atoms with Crippen LogP contribution in [0.3, 0.4) is 0 Å². The van der Waals surface area contributed by atoms with Crippen molar-refractivity contribution in [3.05, 3.63) is 18.0 Å². The van der Waals surface area contributed by atoms with Gasteiger partial charge in [-0.15, -0.1) is 11.6 Å². The third-order valence-electron chi connectivity index (χ3n) is 3.38. The first-order valence-corrected chi connectivity index (χ1v) is 6.50. The van der Waals surface area contributed by atoms with E-state index in [9.17, 15) is 4.79 Å². The fourth-order valence-electron chi connectivity index (χ4n) is 2.25. The molecule has 1 N–H and O–H groups in total. The molecule has 1 aliphatic rings. The zero-order valence-electron chi connectivity index (χ0n) is 10.0. The molecule has 17 heavy (non-hydrogen) atoms. The predicted molar refractivity (Wildman–Crippen MR) is 67.1 cm³/mol. The van der Waals surface area contributed by atoms with Crippen molar-refractivity contribution in [3.8, 4) is 0 Å².